The molecule has 0 bridgehead atoms. The van der Waals surface area contributed by atoms with Gasteiger partial charge in [-0.25, -0.2) is 0 Å². The lowest BCUT2D eigenvalue weighted by atomic mass is 10.1. The van der Waals surface area contributed by atoms with Gasteiger partial charge in [0.05, 0.1) is 6.54 Å². The second-order valence-electron chi connectivity index (χ2n) is 5.25. The number of carbonyl (C=O) groups is 2. The Kier molecular flexibility index (Phi) is 6.12. The Labute approximate surface area is 110 Å². The molecule has 0 spiro atoms. The van der Waals surface area contributed by atoms with Crippen LogP contribution in [-0.4, -0.2) is 60.9 Å². The van der Waals surface area contributed by atoms with Crippen molar-refractivity contribution in [2.75, 3.05) is 39.3 Å². The van der Waals surface area contributed by atoms with Crippen LogP contribution in [-0.2, 0) is 9.59 Å². The highest BCUT2D eigenvalue weighted by molar-refractivity contribution is 5.79. The minimum absolute atomic E-state index is 0.0946. The molecule has 0 aliphatic carbocycles. The molecule has 1 fully saturated rings. The maximum atomic E-state index is 11.9. The Hall–Kier alpha value is -1.10. The minimum atomic E-state index is 0.0946. The van der Waals surface area contributed by atoms with Crippen LogP contribution in [0.2, 0.25) is 0 Å². The van der Waals surface area contributed by atoms with Crippen LogP contribution < -0.4 is 5.32 Å². The van der Waals surface area contributed by atoms with E-state index in [4.69, 9.17) is 0 Å². The van der Waals surface area contributed by atoms with E-state index in [1.807, 2.05) is 4.90 Å². The van der Waals surface area contributed by atoms with Gasteiger partial charge in [0.25, 0.3) is 0 Å². The fourth-order valence-corrected chi connectivity index (χ4v) is 1.97. The highest BCUT2D eigenvalue weighted by Crippen LogP contribution is 2.02. The molecular formula is C13H25N3O2. The first kappa shape index (κ1) is 15.0. The molecule has 5 nitrogen and oxygen atoms in total. The predicted octanol–water partition coefficient (Wildman–Crippen LogP) is 0.313. The van der Waals surface area contributed by atoms with Crippen LogP contribution in [0.25, 0.3) is 0 Å². The largest absolute Gasteiger partial charge is 0.339 e. The third kappa shape index (κ3) is 5.04. The van der Waals surface area contributed by atoms with Crippen LogP contribution >= 0.6 is 0 Å². The van der Waals surface area contributed by atoms with E-state index in [-0.39, 0.29) is 11.8 Å². The van der Waals surface area contributed by atoms with E-state index in [0.29, 0.717) is 38.6 Å². The molecule has 0 unspecified atom stereocenters. The maximum Gasteiger partial charge on any atom is 0.236 e. The average Bonchev–Trinajstić information content (AvgIpc) is 2.34. The maximum absolute atomic E-state index is 11.9. The van der Waals surface area contributed by atoms with Crippen molar-refractivity contribution in [2.24, 2.45) is 5.92 Å². The van der Waals surface area contributed by atoms with Gasteiger partial charge in [-0.2, -0.15) is 0 Å². The van der Waals surface area contributed by atoms with Crippen LogP contribution in [0.15, 0.2) is 0 Å². The number of amides is 2. The molecule has 1 rings (SSSR count). The SMILES string of the molecule is CC(=O)N1CCN(C(=O)CNCCC(C)C)CC1. The smallest absolute Gasteiger partial charge is 0.236 e. The lowest BCUT2D eigenvalue weighted by Crippen LogP contribution is -2.51. The molecule has 1 N–H and O–H groups in total. The van der Waals surface area contributed by atoms with E-state index in [1.165, 1.54) is 0 Å². The Bertz CT molecular complexity index is 284. The van der Waals surface area contributed by atoms with Crippen molar-refractivity contribution in [2.45, 2.75) is 27.2 Å². The van der Waals surface area contributed by atoms with Crippen LogP contribution in [0.4, 0.5) is 0 Å². The second kappa shape index (κ2) is 7.36. The van der Waals surface area contributed by atoms with E-state index in [0.717, 1.165) is 13.0 Å². The summed E-state index contributed by atoms with van der Waals surface area (Å²) >= 11 is 0. The Morgan fingerprint density at radius 1 is 1.11 bits per heavy atom. The molecular weight excluding hydrogens is 230 g/mol. The fourth-order valence-electron chi connectivity index (χ4n) is 1.97. The van der Waals surface area contributed by atoms with Gasteiger partial charge in [0.15, 0.2) is 0 Å². The minimum Gasteiger partial charge on any atom is -0.339 e. The van der Waals surface area contributed by atoms with E-state index in [2.05, 4.69) is 19.2 Å². The summed E-state index contributed by atoms with van der Waals surface area (Å²) in [6.07, 6.45) is 1.09. The molecule has 1 aliphatic heterocycles. The van der Waals surface area contributed by atoms with Crippen molar-refractivity contribution < 1.29 is 9.59 Å². The van der Waals surface area contributed by atoms with E-state index in [1.54, 1.807) is 11.8 Å². The van der Waals surface area contributed by atoms with Gasteiger partial charge in [0, 0.05) is 33.1 Å². The van der Waals surface area contributed by atoms with Crippen molar-refractivity contribution in [3.8, 4) is 0 Å². The number of nitrogens with zero attached hydrogens (tertiary/aromatic N) is 2. The fraction of sp³-hybridized carbons (Fsp3) is 0.846. The number of carbonyl (C=O) groups excluding carboxylic acids is 2. The van der Waals surface area contributed by atoms with Gasteiger partial charge in [0.1, 0.15) is 0 Å². The van der Waals surface area contributed by atoms with Crippen molar-refractivity contribution in [1.29, 1.82) is 0 Å². The molecule has 0 aromatic rings. The first-order valence-electron chi connectivity index (χ1n) is 6.74. The third-order valence-corrected chi connectivity index (χ3v) is 3.25. The topological polar surface area (TPSA) is 52.7 Å². The third-order valence-electron chi connectivity index (χ3n) is 3.25. The van der Waals surface area contributed by atoms with Gasteiger partial charge in [0.2, 0.25) is 11.8 Å². The standard InChI is InChI=1S/C13H25N3O2/c1-11(2)4-5-14-10-13(18)16-8-6-15(7-9-16)12(3)17/h11,14H,4-10H2,1-3H3. The lowest BCUT2D eigenvalue weighted by molar-refractivity contribution is -0.137. The van der Waals surface area contributed by atoms with Crippen LogP contribution in [0.1, 0.15) is 27.2 Å². The summed E-state index contributed by atoms with van der Waals surface area (Å²) in [5.74, 6) is 0.894. The number of hydrogen-bond donors (Lipinski definition) is 1. The van der Waals surface area contributed by atoms with Gasteiger partial charge in [-0.15, -0.1) is 0 Å². The summed E-state index contributed by atoms with van der Waals surface area (Å²) in [6, 6.07) is 0. The zero-order valence-electron chi connectivity index (χ0n) is 11.7. The molecule has 1 saturated heterocycles. The van der Waals surface area contributed by atoms with Crippen molar-refractivity contribution in [3.63, 3.8) is 0 Å². The first-order chi connectivity index (χ1) is 8.50. The van der Waals surface area contributed by atoms with Crippen molar-refractivity contribution >= 4 is 11.8 Å². The van der Waals surface area contributed by atoms with E-state index >= 15 is 0 Å². The number of hydrogen-bond acceptors (Lipinski definition) is 3. The molecule has 1 aliphatic rings. The zero-order chi connectivity index (χ0) is 13.5. The highest BCUT2D eigenvalue weighted by Gasteiger charge is 2.21. The molecule has 0 radical (unpaired) electrons. The van der Waals surface area contributed by atoms with Gasteiger partial charge in [-0.05, 0) is 18.9 Å². The molecule has 18 heavy (non-hydrogen) atoms. The molecule has 0 saturated carbocycles. The molecule has 104 valence electrons. The number of piperazine rings is 1. The molecule has 5 heteroatoms. The van der Waals surface area contributed by atoms with Crippen LogP contribution in [0.5, 0.6) is 0 Å². The molecule has 0 aromatic carbocycles. The van der Waals surface area contributed by atoms with Crippen molar-refractivity contribution in [1.82, 2.24) is 15.1 Å². The summed E-state index contributed by atoms with van der Waals surface area (Å²) < 4.78 is 0. The zero-order valence-corrected chi connectivity index (χ0v) is 11.7. The average molecular weight is 255 g/mol. The van der Waals surface area contributed by atoms with E-state index < -0.39 is 0 Å². The predicted molar refractivity (Wildman–Crippen MR) is 71.2 cm³/mol. The second-order valence-corrected chi connectivity index (χ2v) is 5.25. The van der Waals surface area contributed by atoms with Gasteiger partial charge >= 0.3 is 0 Å². The normalized spacial score (nSPS) is 16.2. The molecule has 1 heterocycles. The number of nitrogens with one attached hydrogen (secondary N) is 1. The monoisotopic (exact) mass is 255 g/mol. The Morgan fingerprint density at radius 2 is 1.67 bits per heavy atom. The molecule has 0 atom stereocenters. The van der Waals surface area contributed by atoms with E-state index in [9.17, 15) is 9.59 Å². The van der Waals surface area contributed by atoms with Crippen molar-refractivity contribution in [3.05, 3.63) is 0 Å². The summed E-state index contributed by atoms with van der Waals surface area (Å²) in [4.78, 5) is 26.7. The quantitative estimate of drug-likeness (QED) is 0.720. The molecule has 0 aromatic heterocycles. The molecule has 2 amide bonds. The van der Waals surface area contributed by atoms with Crippen LogP contribution in [0.3, 0.4) is 0 Å². The number of rotatable bonds is 5. The Balaban J connectivity index is 2.18. The van der Waals surface area contributed by atoms with Crippen LogP contribution in [0, 0.1) is 5.92 Å². The highest BCUT2D eigenvalue weighted by atomic mass is 16.2. The Morgan fingerprint density at radius 3 is 2.17 bits per heavy atom. The summed E-state index contributed by atoms with van der Waals surface area (Å²) in [5.41, 5.74) is 0. The van der Waals surface area contributed by atoms with Gasteiger partial charge < -0.3 is 15.1 Å². The first-order valence-corrected chi connectivity index (χ1v) is 6.74. The van der Waals surface area contributed by atoms with Gasteiger partial charge in [-0.1, -0.05) is 13.8 Å². The summed E-state index contributed by atoms with van der Waals surface area (Å²) in [6.45, 7) is 9.85. The summed E-state index contributed by atoms with van der Waals surface area (Å²) in [5, 5.41) is 3.18. The summed E-state index contributed by atoms with van der Waals surface area (Å²) in [7, 11) is 0. The van der Waals surface area contributed by atoms with Gasteiger partial charge in [-0.3, -0.25) is 9.59 Å². The lowest BCUT2D eigenvalue weighted by Gasteiger charge is -2.34.